The van der Waals surface area contributed by atoms with E-state index in [9.17, 15) is 23.8 Å². The Morgan fingerprint density at radius 3 is 2.10 bits per heavy atom. The summed E-state index contributed by atoms with van der Waals surface area (Å²) in [6, 6.07) is 12.1. The van der Waals surface area contributed by atoms with Crippen LogP contribution in [0.2, 0.25) is 0 Å². The van der Waals surface area contributed by atoms with E-state index in [4.69, 9.17) is 5.41 Å². The van der Waals surface area contributed by atoms with Crippen molar-refractivity contribution in [1.82, 2.24) is 9.55 Å². The van der Waals surface area contributed by atoms with Crippen LogP contribution < -0.4 is 0 Å². The number of aromatic nitrogens is 2. The van der Waals surface area contributed by atoms with Crippen LogP contribution in [-0.4, -0.2) is 31.8 Å². The first-order chi connectivity index (χ1) is 14.9. The number of hydrogen-bond acceptors (Lipinski definition) is 5. The van der Waals surface area contributed by atoms with Gasteiger partial charge in [-0.2, -0.15) is 0 Å². The standard InChI is InChI=1S/C23H21F2N3O3/c24-17-5-1-15(2-6-17)20(16-3-7-18(25)8-4-16)9-10-28-19(14-29)13-27-23(28)11-21(30)22(31)12-26/h1-8,11-13,20,26,29-30H,9-10,14H2/b21-11-,26-12?. The van der Waals surface area contributed by atoms with Crippen LogP contribution in [0.15, 0.2) is 60.5 Å². The number of aliphatic hydroxyl groups is 2. The van der Waals surface area contributed by atoms with Gasteiger partial charge >= 0.3 is 0 Å². The van der Waals surface area contributed by atoms with E-state index in [0.717, 1.165) is 17.2 Å². The van der Waals surface area contributed by atoms with Crippen molar-refractivity contribution in [2.45, 2.75) is 25.5 Å². The number of rotatable bonds is 9. The lowest BCUT2D eigenvalue weighted by molar-refractivity contribution is -0.111. The summed E-state index contributed by atoms with van der Waals surface area (Å²) in [5.41, 5.74) is 2.13. The first kappa shape index (κ1) is 22.0. The molecule has 0 unspecified atom stereocenters. The molecule has 0 spiro atoms. The van der Waals surface area contributed by atoms with E-state index in [-0.39, 0.29) is 30.0 Å². The number of aliphatic hydroxyl groups excluding tert-OH is 2. The zero-order valence-corrected chi connectivity index (χ0v) is 16.5. The number of carbonyl (C=O) groups excluding carboxylic acids is 1. The van der Waals surface area contributed by atoms with E-state index < -0.39 is 11.5 Å². The molecule has 1 aromatic heterocycles. The fraction of sp³-hybridized carbons (Fsp3) is 0.174. The highest BCUT2D eigenvalue weighted by Gasteiger charge is 2.17. The van der Waals surface area contributed by atoms with Crippen molar-refractivity contribution >= 4 is 18.1 Å². The maximum atomic E-state index is 13.4. The quantitative estimate of drug-likeness (QED) is 0.274. The minimum absolute atomic E-state index is 0.205. The van der Waals surface area contributed by atoms with Crippen molar-refractivity contribution in [1.29, 1.82) is 5.41 Å². The van der Waals surface area contributed by atoms with Crippen LogP contribution in [0.5, 0.6) is 0 Å². The fourth-order valence-electron chi connectivity index (χ4n) is 3.37. The molecule has 0 aliphatic heterocycles. The molecule has 1 heterocycles. The topological polar surface area (TPSA) is 99.2 Å². The maximum Gasteiger partial charge on any atom is 0.237 e. The highest BCUT2D eigenvalue weighted by molar-refractivity contribution is 6.34. The van der Waals surface area contributed by atoms with Gasteiger partial charge in [0.05, 0.1) is 24.7 Å². The summed E-state index contributed by atoms with van der Waals surface area (Å²) >= 11 is 0. The minimum atomic E-state index is -0.865. The van der Waals surface area contributed by atoms with E-state index in [1.165, 1.54) is 30.5 Å². The monoisotopic (exact) mass is 425 g/mol. The Morgan fingerprint density at radius 1 is 1.06 bits per heavy atom. The van der Waals surface area contributed by atoms with Crippen LogP contribution in [0, 0.1) is 17.0 Å². The molecule has 3 N–H and O–H groups in total. The molecule has 0 amide bonds. The molecule has 3 rings (SSSR count). The van der Waals surface area contributed by atoms with Gasteiger partial charge in [0.2, 0.25) is 5.78 Å². The molecule has 0 fully saturated rings. The van der Waals surface area contributed by atoms with Crippen LogP contribution >= 0.6 is 0 Å². The van der Waals surface area contributed by atoms with Gasteiger partial charge in [0.15, 0.2) is 5.76 Å². The summed E-state index contributed by atoms with van der Waals surface area (Å²) in [4.78, 5) is 15.6. The molecule has 0 aliphatic carbocycles. The van der Waals surface area contributed by atoms with Crippen LogP contribution in [-0.2, 0) is 17.9 Å². The van der Waals surface area contributed by atoms with E-state index in [2.05, 4.69) is 4.98 Å². The van der Waals surface area contributed by atoms with E-state index in [1.54, 1.807) is 28.8 Å². The zero-order valence-electron chi connectivity index (χ0n) is 16.5. The van der Waals surface area contributed by atoms with Gasteiger partial charge in [-0.25, -0.2) is 13.8 Å². The Labute approximate surface area is 177 Å². The summed E-state index contributed by atoms with van der Waals surface area (Å²) in [6.45, 7) is 0.0328. The maximum absolute atomic E-state index is 13.4. The molecule has 0 aliphatic rings. The third-order valence-corrected chi connectivity index (χ3v) is 4.97. The average molecular weight is 425 g/mol. The SMILES string of the molecule is N=CC(=O)/C(O)=C/c1ncc(CO)n1CCC(c1ccc(F)cc1)c1ccc(F)cc1. The fourth-order valence-corrected chi connectivity index (χ4v) is 3.37. The lowest BCUT2D eigenvalue weighted by Crippen LogP contribution is -2.11. The molecule has 0 saturated heterocycles. The van der Waals surface area contributed by atoms with Crippen molar-refractivity contribution in [2.75, 3.05) is 0 Å². The predicted octanol–water partition coefficient (Wildman–Crippen LogP) is 3.99. The molecule has 6 nitrogen and oxygen atoms in total. The number of imidazole rings is 1. The Morgan fingerprint density at radius 2 is 1.61 bits per heavy atom. The van der Waals surface area contributed by atoms with Crippen LogP contribution in [0.4, 0.5) is 8.78 Å². The number of nitrogens with zero attached hydrogens (tertiary/aromatic N) is 2. The highest BCUT2D eigenvalue weighted by atomic mass is 19.1. The van der Waals surface area contributed by atoms with Crippen LogP contribution in [0.1, 0.15) is 35.0 Å². The lowest BCUT2D eigenvalue weighted by atomic mass is 9.88. The molecule has 160 valence electrons. The minimum Gasteiger partial charge on any atom is -0.504 e. The third kappa shape index (κ3) is 5.29. The Balaban J connectivity index is 1.93. The molecule has 0 saturated carbocycles. The van der Waals surface area contributed by atoms with Crippen molar-refractivity contribution in [2.24, 2.45) is 0 Å². The molecule has 2 aromatic carbocycles. The Hall–Kier alpha value is -3.65. The Kier molecular flexibility index (Phi) is 7.04. The molecular weight excluding hydrogens is 404 g/mol. The summed E-state index contributed by atoms with van der Waals surface area (Å²) in [6.07, 6.45) is 3.54. The van der Waals surface area contributed by atoms with E-state index >= 15 is 0 Å². The highest BCUT2D eigenvalue weighted by Crippen LogP contribution is 2.29. The summed E-state index contributed by atoms with van der Waals surface area (Å²) < 4.78 is 28.5. The number of allylic oxidation sites excluding steroid dienone is 1. The summed E-state index contributed by atoms with van der Waals surface area (Å²) in [7, 11) is 0. The molecular formula is C23H21F2N3O3. The summed E-state index contributed by atoms with van der Waals surface area (Å²) in [5.74, 6) is -2.19. The number of halogens is 2. The van der Waals surface area contributed by atoms with E-state index in [1.807, 2.05) is 0 Å². The number of hydrogen-bond donors (Lipinski definition) is 3. The number of carbonyl (C=O) groups is 1. The normalized spacial score (nSPS) is 11.7. The van der Waals surface area contributed by atoms with Gasteiger partial charge in [-0.05, 0) is 41.8 Å². The second kappa shape index (κ2) is 9.90. The third-order valence-electron chi connectivity index (χ3n) is 4.97. The Bertz CT molecular complexity index is 1040. The van der Waals surface area contributed by atoms with Gasteiger partial charge in [-0.3, -0.25) is 4.79 Å². The average Bonchev–Trinajstić information content (AvgIpc) is 3.16. The summed E-state index contributed by atoms with van der Waals surface area (Å²) in [5, 5.41) is 26.4. The van der Waals surface area contributed by atoms with Gasteiger partial charge < -0.3 is 20.2 Å². The van der Waals surface area contributed by atoms with Crippen molar-refractivity contribution in [3.05, 3.63) is 94.8 Å². The molecule has 3 aromatic rings. The smallest absolute Gasteiger partial charge is 0.237 e. The largest absolute Gasteiger partial charge is 0.504 e. The van der Waals surface area contributed by atoms with Crippen LogP contribution in [0.25, 0.3) is 6.08 Å². The molecule has 31 heavy (non-hydrogen) atoms. The van der Waals surface area contributed by atoms with Gasteiger partial charge in [0.25, 0.3) is 0 Å². The van der Waals surface area contributed by atoms with Gasteiger partial charge in [0, 0.05) is 18.5 Å². The molecule has 0 atom stereocenters. The van der Waals surface area contributed by atoms with Gasteiger partial charge in [0.1, 0.15) is 17.5 Å². The van der Waals surface area contributed by atoms with E-state index in [0.29, 0.717) is 24.9 Å². The lowest BCUT2D eigenvalue weighted by Gasteiger charge is -2.20. The van der Waals surface area contributed by atoms with Gasteiger partial charge in [-0.1, -0.05) is 24.3 Å². The second-order valence-electron chi connectivity index (χ2n) is 6.90. The first-order valence-corrected chi connectivity index (χ1v) is 9.54. The zero-order chi connectivity index (χ0) is 22.4. The number of benzene rings is 2. The molecule has 0 bridgehead atoms. The second-order valence-corrected chi connectivity index (χ2v) is 6.90. The number of Topliss-reactive ketones (excluding diaryl/α,β-unsaturated/α-hetero) is 1. The van der Waals surface area contributed by atoms with Crippen molar-refractivity contribution in [3.63, 3.8) is 0 Å². The number of nitrogens with one attached hydrogen (secondary N) is 1. The predicted molar refractivity (Wildman–Crippen MR) is 112 cm³/mol. The molecule has 8 heteroatoms. The first-order valence-electron chi connectivity index (χ1n) is 9.54. The number of ketones is 1. The van der Waals surface area contributed by atoms with Crippen LogP contribution in [0.3, 0.4) is 0 Å². The van der Waals surface area contributed by atoms with Gasteiger partial charge in [-0.15, -0.1) is 0 Å². The van der Waals surface area contributed by atoms with Crippen molar-refractivity contribution < 1.29 is 23.8 Å². The molecule has 0 radical (unpaired) electrons. The van der Waals surface area contributed by atoms with Crippen molar-refractivity contribution in [3.8, 4) is 0 Å².